The largest absolute Gasteiger partial charge is 0.504 e. The third kappa shape index (κ3) is 6.04. The van der Waals surface area contributed by atoms with Crippen LogP contribution in [0.2, 0.25) is 0 Å². The van der Waals surface area contributed by atoms with Gasteiger partial charge in [0.15, 0.2) is 23.0 Å². The minimum Gasteiger partial charge on any atom is -0.504 e. The number of aliphatic carboxylic acids is 2. The molecule has 2 atom stereocenters. The number of hydrogen-bond acceptors (Lipinski definition) is 6. The summed E-state index contributed by atoms with van der Waals surface area (Å²) in [6, 6.07) is 9.36. The molecule has 0 heterocycles. The second kappa shape index (κ2) is 10.4. The molecule has 162 valence electrons. The fourth-order valence-corrected chi connectivity index (χ4v) is 3.46. The molecule has 2 rings (SSSR count). The van der Waals surface area contributed by atoms with Crippen molar-refractivity contribution in [2.24, 2.45) is 11.8 Å². The molecule has 0 spiro atoms. The summed E-state index contributed by atoms with van der Waals surface area (Å²) in [5.74, 6) is -2.96. The number of carbonyl (C=O) groups is 2. The summed E-state index contributed by atoms with van der Waals surface area (Å²) in [5, 5.41) is 38.5. The van der Waals surface area contributed by atoms with Crippen LogP contribution in [0, 0.1) is 11.8 Å². The molecule has 2 aromatic rings. The van der Waals surface area contributed by atoms with Crippen LogP contribution in [0.5, 0.6) is 23.0 Å². The summed E-state index contributed by atoms with van der Waals surface area (Å²) in [6.45, 7) is 0. The highest BCUT2D eigenvalue weighted by Gasteiger charge is 2.29. The first-order chi connectivity index (χ1) is 14.2. The van der Waals surface area contributed by atoms with E-state index in [0.29, 0.717) is 12.0 Å². The molecule has 0 aliphatic carbocycles. The van der Waals surface area contributed by atoms with Crippen molar-refractivity contribution < 1.29 is 39.5 Å². The SMILES string of the molecule is COc1cc(C[C@H](CCC(=O)O)[C@H](Cc2ccc(O)c(OC)c2)C(=O)O)ccc1O. The fourth-order valence-electron chi connectivity index (χ4n) is 3.46. The Morgan fingerprint density at radius 3 is 1.80 bits per heavy atom. The van der Waals surface area contributed by atoms with Crippen molar-refractivity contribution in [3.05, 3.63) is 47.5 Å². The van der Waals surface area contributed by atoms with Gasteiger partial charge >= 0.3 is 11.9 Å². The van der Waals surface area contributed by atoms with Crippen LogP contribution in [-0.2, 0) is 22.4 Å². The molecule has 4 N–H and O–H groups in total. The molecule has 0 radical (unpaired) electrons. The van der Waals surface area contributed by atoms with Crippen LogP contribution in [0.3, 0.4) is 0 Å². The Morgan fingerprint density at radius 1 is 0.867 bits per heavy atom. The van der Waals surface area contributed by atoms with Gasteiger partial charge < -0.3 is 29.9 Å². The Balaban J connectivity index is 2.32. The lowest BCUT2D eigenvalue weighted by Crippen LogP contribution is -2.28. The minimum atomic E-state index is -1.04. The molecule has 0 unspecified atom stereocenters. The Labute approximate surface area is 174 Å². The summed E-state index contributed by atoms with van der Waals surface area (Å²) in [7, 11) is 2.82. The average molecular weight is 418 g/mol. The van der Waals surface area contributed by atoms with Gasteiger partial charge in [-0.3, -0.25) is 9.59 Å². The summed E-state index contributed by atoms with van der Waals surface area (Å²) < 4.78 is 10.2. The summed E-state index contributed by atoms with van der Waals surface area (Å²) in [6.07, 6.45) is 0.453. The predicted octanol–water partition coefficient (Wildman–Crippen LogP) is 3.08. The highest BCUT2D eigenvalue weighted by atomic mass is 16.5. The lowest BCUT2D eigenvalue weighted by atomic mass is 9.80. The average Bonchev–Trinajstić information content (AvgIpc) is 2.71. The lowest BCUT2D eigenvalue weighted by Gasteiger charge is -2.24. The van der Waals surface area contributed by atoms with E-state index < -0.39 is 23.8 Å². The van der Waals surface area contributed by atoms with Crippen molar-refractivity contribution in [1.29, 1.82) is 0 Å². The van der Waals surface area contributed by atoms with Gasteiger partial charge in [0.1, 0.15) is 0 Å². The van der Waals surface area contributed by atoms with Crippen LogP contribution in [0.4, 0.5) is 0 Å². The van der Waals surface area contributed by atoms with Crippen LogP contribution in [0.15, 0.2) is 36.4 Å². The van der Waals surface area contributed by atoms with Gasteiger partial charge in [-0.2, -0.15) is 0 Å². The van der Waals surface area contributed by atoms with Gasteiger partial charge in [-0.1, -0.05) is 12.1 Å². The number of methoxy groups -OCH3 is 2. The number of hydrogen-bond donors (Lipinski definition) is 4. The first-order valence-electron chi connectivity index (χ1n) is 9.41. The molecule has 0 aliphatic rings. The number of rotatable bonds is 11. The molecule has 8 nitrogen and oxygen atoms in total. The van der Waals surface area contributed by atoms with Crippen LogP contribution < -0.4 is 9.47 Å². The second-order valence-corrected chi connectivity index (χ2v) is 7.06. The topological polar surface area (TPSA) is 134 Å². The molecule has 0 aromatic heterocycles. The maximum atomic E-state index is 12.1. The van der Waals surface area contributed by atoms with Crippen molar-refractivity contribution in [2.45, 2.75) is 25.7 Å². The van der Waals surface area contributed by atoms with E-state index in [2.05, 4.69) is 0 Å². The number of benzene rings is 2. The highest BCUT2D eigenvalue weighted by Crippen LogP contribution is 2.33. The number of phenols is 2. The van der Waals surface area contributed by atoms with Crippen molar-refractivity contribution in [2.75, 3.05) is 14.2 Å². The number of phenolic OH excluding ortho intramolecular Hbond substituents is 2. The second-order valence-electron chi connectivity index (χ2n) is 7.06. The zero-order valence-corrected chi connectivity index (χ0v) is 16.9. The molecular weight excluding hydrogens is 392 g/mol. The minimum absolute atomic E-state index is 0.0330. The predicted molar refractivity (Wildman–Crippen MR) is 108 cm³/mol. The van der Waals surface area contributed by atoms with Gasteiger partial charge in [0.05, 0.1) is 20.1 Å². The van der Waals surface area contributed by atoms with Gasteiger partial charge in [-0.05, 0) is 60.6 Å². The standard InChI is InChI=1S/C22H26O8/c1-29-19-11-13(3-6-17(19)23)9-15(5-8-21(25)26)16(22(27)28)10-14-4-7-18(24)20(12-14)30-2/h3-4,6-7,11-12,15-16,23-24H,5,8-10H2,1-2H3,(H,25,26)(H,27,28)/t15-,16-/m0/s1. The Bertz CT molecular complexity index is 893. The number of ether oxygens (including phenoxy) is 2. The molecule has 0 aliphatic heterocycles. The summed E-state index contributed by atoms with van der Waals surface area (Å²) in [5.41, 5.74) is 1.38. The van der Waals surface area contributed by atoms with Gasteiger partial charge in [-0.25, -0.2) is 0 Å². The van der Waals surface area contributed by atoms with Gasteiger partial charge in [0.2, 0.25) is 0 Å². The smallest absolute Gasteiger partial charge is 0.307 e. The van der Waals surface area contributed by atoms with E-state index in [4.69, 9.17) is 14.6 Å². The van der Waals surface area contributed by atoms with Crippen molar-refractivity contribution in [3.63, 3.8) is 0 Å². The molecule has 0 saturated heterocycles. The molecular formula is C22H26O8. The van der Waals surface area contributed by atoms with Crippen molar-refractivity contribution in [3.8, 4) is 23.0 Å². The van der Waals surface area contributed by atoms with Crippen LogP contribution in [0.1, 0.15) is 24.0 Å². The maximum Gasteiger partial charge on any atom is 0.307 e. The molecule has 2 aromatic carbocycles. The highest BCUT2D eigenvalue weighted by molar-refractivity contribution is 5.71. The van der Waals surface area contributed by atoms with Crippen LogP contribution >= 0.6 is 0 Å². The normalized spacial score (nSPS) is 12.7. The van der Waals surface area contributed by atoms with Crippen LogP contribution in [-0.4, -0.2) is 46.6 Å². The fraction of sp³-hybridized carbons (Fsp3) is 0.364. The molecule has 0 saturated carbocycles. The van der Waals surface area contributed by atoms with E-state index in [0.717, 1.165) is 5.56 Å². The van der Waals surface area contributed by atoms with Crippen molar-refractivity contribution >= 4 is 11.9 Å². The third-order valence-electron chi connectivity index (χ3n) is 5.06. The van der Waals surface area contributed by atoms with Crippen molar-refractivity contribution in [1.82, 2.24) is 0 Å². The van der Waals surface area contributed by atoms with Gasteiger partial charge in [-0.15, -0.1) is 0 Å². The first-order valence-corrected chi connectivity index (χ1v) is 9.41. The van der Waals surface area contributed by atoms with Gasteiger partial charge in [0, 0.05) is 6.42 Å². The third-order valence-corrected chi connectivity index (χ3v) is 5.06. The monoisotopic (exact) mass is 418 g/mol. The number of carboxylic acid groups (broad SMARTS) is 2. The summed E-state index contributed by atoms with van der Waals surface area (Å²) in [4.78, 5) is 23.2. The number of carboxylic acids is 2. The van der Waals surface area contributed by atoms with Crippen LogP contribution in [0.25, 0.3) is 0 Å². The maximum absolute atomic E-state index is 12.1. The number of aromatic hydroxyl groups is 2. The van der Waals surface area contributed by atoms with E-state index in [1.807, 2.05) is 0 Å². The molecule has 0 bridgehead atoms. The Kier molecular flexibility index (Phi) is 7.91. The Morgan fingerprint density at radius 2 is 1.37 bits per heavy atom. The van der Waals surface area contributed by atoms with E-state index in [1.165, 1.54) is 26.4 Å². The van der Waals surface area contributed by atoms with E-state index in [9.17, 15) is 24.9 Å². The van der Waals surface area contributed by atoms with E-state index in [-0.39, 0.29) is 42.3 Å². The van der Waals surface area contributed by atoms with E-state index >= 15 is 0 Å². The lowest BCUT2D eigenvalue weighted by molar-refractivity contribution is -0.145. The zero-order chi connectivity index (χ0) is 22.3. The van der Waals surface area contributed by atoms with Gasteiger partial charge in [0.25, 0.3) is 0 Å². The molecule has 0 fully saturated rings. The quantitative estimate of drug-likeness (QED) is 0.437. The van der Waals surface area contributed by atoms with E-state index in [1.54, 1.807) is 24.3 Å². The first kappa shape index (κ1) is 22.9. The molecule has 8 heteroatoms. The Hall–Kier alpha value is -3.42. The molecule has 0 amide bonds. The zero-order valence-electron chi connectivity index (χ0n) is 16.9. The summed E-state index contributed by atoms with van der Waals surface area (Å²) >= 11 is 0. The molecule has 30 heavy (non-hydrogen) atoms.